The van der Waals surface area contributed by atoms with E-state index in [2.05, 4.69) is 22.5 Å². The van der Waals surface area contributed by atoms with Crippen molar-refractivity contribution < 1.29 is 4.79 Å². The van der Waals surface area contributed by atoms with Gasteiger partial charge in [-0.15, -0.1) is 5.10 Å². The summed E-state index contributed by atoms with van der Waals surface area (Å²) < 4.78 is 2.58. The highest BCUT2D eigenvalue weighted by atomic mass is 16.2. The molecular weight excluding hydrogens is 340 g/mol. The van der Waals surface area contributed by atoms with Crippen LogP contribution in [0.2, 0.25) is 0 Å². The first-order valence-corrected chi connectivity index (χ1v) is 8.66. The van der Waals surface area contributed by atoms with Crippen molar-refractivity contribution in [2.45, 2.75) is 13.0 Å². The minimum Gasteiger partial charge on any atom is -0.324 e. The summed E-state index contributed by atoms with van der Waals surface area (Å²) in [7, 11) is 0. The number of benzene rings is 2. The Bertz CT molecular complexity index is 1150. The molecule has 2 aromatic heterocycles. The summed E-state index contributed by atoms with van der Waals surface area (Å²) >= 11 is 0. The number of rotatable bonds is 5. The van der Waals surface area contributed by atoms with Crippen molar-refractivity contribution in [3.63, 3.8) is 0 Å². The van der Waals surface area contributed by atoms with Crippen molar-refractivity contribution in [2.75, 3.05) is 5.32 Å². The van der Waals surface area contributed by atoms with Crippen LogP contribution in [0.5, 0.6) is 0 Å². The van der Waals surface area contributed by atoms with Gasteiger partial charge >= 0.3 is 5.69 Å². The molecule has 0 saturated carbocycles. The SMILES string of the molecule is O=C(Cn1nc2ccccn2c1=O)Nc1ccccc1Cc1ccccc1. The topological polar surface area (TPSA) is 68.4 Å². The Morgan fingerprint density at radius 3 is 2.48 bits per heavy atom. The average molecular weight is 358 g/mol. The van der Waals surface area contributed by atoms with Crippen molar-refractivity contribution in [3.8, 4) is 0 Å². The Morgan fingerprint density at radius 2 is 1.67 bits per heavy atom. The van der Waals surface area contributed by atoms with E-state index in [1.54, 1.807) is 24.4 Å². The zero-order chi connectivity index (χ0) is 18.6. The van der Waals surface area contributed by atoms with E-state index in [9.17, 15) is 9.59 Å². The highest BCUT2D eigenvalue weighted by Gasteiger charge is 2.12. The van der Waals surface area contributed by atoms with E-state index in [4.69, 9.17) is 0 Å². The molecule has 6 heteroatoms. The zero-order valence-electron chi connectivity index (χ0n) is 14.6. The maximum absolute atomic E-state index is 12.5. The molecule has 4 rings (SSSR count). The van der Waals surface area contributed by atoms with E-state index in [0.29, 0.717) is 12.1 Å². The summed E-state index contributed by atoms with van der Waals surface area (Å²) in [5.74, 6) is -0.291. The van der Waals surface area contributed by atoms with Gasteiger partial charge in [0.25, 0.3) is 0 Å². The van der Waals surface area contributed by atoms with Crippen LogP contribution in [0.15, 0.2) is 83.8 Å². The average Bonchev–Trinajstić information content (AvgIpc) is 3.00. The number of nitrogens with one attached hydrogen (secondary N) is 1. The molecule has 2 aromatic carbocycles. The number of nitrogens with zero attached hydrogens (tertiary/aromatic N) is 3. The molecule has 0 atom stereocenters. The summed E-state index contributed by atoms with van der Waals surface area (Å²) in [6.45, 7) is -0.139. The van der Waals surface area contributed by atoms with Gasteiger partial charge in [-0.25, -0.2) is 9.48 Å². The minimum absolute atomic E-state index is 0.139. The van der Waals surface area contributed by atoms with Crippen LogP contribution in [-0.2, 0) is 17.8 Å². The summed E-state index contributed by atoms with van der Waals surface area (Å²) in [6, 6.07) is 23.0. The summed E-state index contributed by atoms with van der Waals surface area (Å²) in [5.41, 5.74) is 3.09. The van der Waals surface area contributed by atoms with Crippen LogP contribution in [-0.4, -0.2) is 20.1 Å². The Labute approximate surface area is 155 Å². The minimum atomic E-state index is -0.335. The van der Waals surface area contributed by atoms with Gasteiger partial charge in [0.15, 0.2) is 5.65 Å². The summed E-state index contributed by atoms with van der Waals surface area (Å²) in [4.78, 5) is 24.8. The Balaban J connectivity index is 1.53. The largest absolute Gasteiger partial charge is 0.350 e. The second kappa shape index (κ2) is 7.29. The fourth-order valence-corrected chi connectivity index (χ4v) is 3.01. The normalized spacial score (nSPS) is 10.8. The summed E-state index contributed by atoms with van der Waals surface area (Å²) in [6.07, 6.45) is 2.35. The molecule has 0 fully saturated rings. The quantitative estimate of drug-likeness (QED) is 0.596. The lowest BCUT2D eigenvalue weighted by molar-refractivity contribution is -0.117. The van der Waals surface area contributed by atoms with Gasteiger partial charge in [0.2, 0.25) is 5.91 Å². The van der Waals surface area contributed by atoms with Crippen LogP contribution >= 0.6 is 0 Å². The van der Waals surface area contributed by atoms with E-state index < -0.39 is 0 Å². The van der Waals surface area contributed by atoms with Gasteiger partial charge in [-0.2, -0.15) is 0 Å². The predicted molar refractivity (Wildman–Crippen MR) is 104 cm³/mol. The molecule has 0 saturated heterocycles. The van der Waals surface area contributed by atoms with Crippen LogP contribution in [0.1, 0.15) is 11.1 Å². The van der Waals surface area contributed by atoms with Gasteiger partial charge in [0.1, 0.15) is 6.54 Å². The second-order valence-electron chi connectivity index (χ2n) is 6.24. The predicted octanol–water partition coefficient (Wildman–Crippen LogP) is 2.73. The smallest absolute Gasteiger partial charge is 0.324 e. The Kier molecular flexibility index (Phi) is 4.53. The number of hydrogen-bond acceptors (Lipinski definition) is 3. The molecule has 1 amide bonds. The van der Waals surface area contributed by atoms with Crippen LogP contribution in [0.25, 0.3) is 5.65 Å². The molecular formula is C21H18N4O2. The first-order valence-electron chi connectivity index (χ1n) is 8.66. The van der Waals surface area contributed by atoms with Crippen LogP contribution in [0.3, 0.4) is 0 Å². The first kappa shape index (κ1) is 16.8. The molecule has 134 valence electrons. The second-order valence-corrected chi connectivity index (χ2v) is 6.24. The third-order valence-electron chi connectivity index (χ3n) is 4.31. The molecule has 1 N–H and O–H groups in total. The number of carbonyl (C=O) groups excluding carboxylic acids is 1. The van der Waals surface area contributed by atoms with E-state index in [1.807, 2.05) is 42.5 Å². The highest BCUT2D eigenvalue weighted by molar-refractivity contribution is 5.91. The number of para-hydroxylation sites is 1. The molecule has 0 radical (unpaired) electrons. The number of fused-ring (bicyclic) bond motifs is 1. The van der Waals surface area contributed by atoms with Gasteiger partial charge in [-0.05, 0) is 35.7 Å². The third-order valence-corrected chi connectivity index (χ3v) is 4.31. The van der Waals surface area contributed by atoms with Crippen molar-refractivity contribution in [2.24, 2.45) is 0 Å². The number of pyridine rings is 1. The Morgan fingerprint density at radius 1 is 0.926 bits per heavy atom. The molecule has 4 aromatic rings. The van der Waals surface area contributed by atoms with Crippen molar-refractivity contribution in [1.82, 2.24) is 14.2 Å². The maximum Gasteiger partial charge on any atom is 0.350 e. The maximum atomic E-state index is 12.5. The van der Waals surface area contributed by atoms with Gasteiger partial charge in [0, 0.05) is 11.9 Å². The van der Waals surface area contributed by atoms with Crippen molar-refractivity contribution >= 4 is 17.2 Å². The molecule has 0 spiro atoms. The molecule has 0 aliphatic heterocycles. The number of amides is 1. The van der Waals surface area contributed by atoms with E-state index in [1.165, 1.54) is 9.08 Å². The van der Waals surface area contributed by atoms with Crippen molar-refractivity contribution in [3.05, 3.63) is 101 Å². The van der Waals surface area contributed by atoms with E-state index in [-0.39, 0.29) is 18.1 Å². The molecule has 6 nitrogen and oxygen atoms in total. The molecule has 2 heterocycles. The lowest BCUT2D eigenvalue weighted by Crippen LogP contribution is -2.28. The lowest BCUT2D eigenvalue weighted by Gasteiger charge is -2.11. The third kappa shape index (κ3) is 3.64. The highest BCUT2D eigenvalue weighted by Crippen LogP contribution is 2.19. The van der Waals surface area contributed by atoms with Gasteiger partial charge in [-0.3, -0.25) is 9.20 Å². The first-order chi connectivity index (χ1) is 13.2. The molecule has 0 bridgehead atoms. The van der Waals surface area contributed by atoms with Crippen LogP contribution in [0.4, 0.5) is 5.69 Å². The number of hydrogen-bond donors (Lipinski definition) is 1. The molecule has 0 aliphatic carbocycles. The zero-order valence-corrected chi connectivity index (χ0v) is 14.6. The Hall–Kier alpha value is -3.67. The fourth-order valence-electron chi connectivity index (χ4n) is 3.01. The lowest BCUT2D eigenvalue weighted by atomic mass is 10.0. The molecule has 0 unspecified atom stereocenters. The van der Waals surface area contributed by atoms with Gasteiger partial charge in [0.05, 0.1) is 0 Å². The fraction of sp³-hybridized carbons (Fsp3) is 0.0952. The number of aromatic nitrogens is 3. The monoisotopic (exact) mass is 358 g/mol. The van der Waals surface area contributed by atoms with E-state index >= 15 is 0 Å². The summed E-state index contributed by atoms with van der Waals surface area (Å²) in [5, 5.41) is 7.09. The molecule has 0 aliphatic rings. The van der Waals surface area contributed by atoms with Gasteiger partial charge < -0.3 is 5.32 Å². The molecule has 27 heavy (non-hydrogen) atoms. The van der Waals surface area contributed by atoms with Gasteiger partial charge in [-0.1, -0.05) is 54.6 Å². The standard InChI is InChI=1S/C21H18N4O2/c26-20(15-25-21(27)24-13-7-6-12-19(24)23-25)22-18-11-5-4-10-17(18)14-16-8-2-1-3-9-16/h1-13H,14-15H2,(H,22,26). The van der Waals surface area contributed by atoms with Crippen LogP contribution < -0.4 is 11.0 Å². The van der Waals surface area contributed by atoms with E-state index in [0.717, 1.165) is 16.8 Å². The van der Waals surface area contributed by atoms with Crippen molar-refractivity contribution in [1.29, 1.82) is 0 Å². The number of carbonyl (C=O) groups is 1. The van der Waals surface area contributed by atoms with Crippen LogP contribution in [0, 0.1) is 0 Å². The number of anilines is 1.